The highest BCUT2D eigenvalue weighted by Crippen LogP contribution is 2.27. The minimum absolute atomic E-state index is 0.0921. The summed E-state index contributed by atoms with van der Waals surface area (Å²) in [5, 5.41) is 22.8. The molecular weight excluding hydrogens is 420 g/mol. The largest absolute Gasteiger partial charge is 0.507 e. The van der Waals surface area contributed by atoms with E-state index in [2.05, 4.69) is 36.7 Å². The highest BCUT2D eigenvalue weighted by molar-refractivity contribution is 9.10. The standard InChI is InChI=1S/C21H15BrN4O2/c22-17-8-4-3-7-15(17)18-11-19(25-24-18)21(28)26-23-12-16-14-6-2-1-5-13(14)9-10-20(16)27/h1-12,27H,(H,24,25)(H,26,28)/b23-12+. The second kappa shape index (κ2) is 7.66. The molecule has 7 heteroatoms. The van der Waals surface area contributed by atoms with Crippen molar-refractivity contribution in [1.82, 2.24) is 15.6 Å². The maximum absolute atomic E-state index is 12.3. The molecule has 4 aromatic rings. The Kier molecular flexibility index (Phi) is 4.90. The Balaban J connectivity index is 1.53. The molecule has 0 atom stereocenters. The number of aromatic nitrogens is 2. The number of nitrogens with one attached hydrogen (secondary N) is 2. The van der Waals surface area contributed by atoms with Gasteiger partial charge in [0.25, 0.3) is 5.91 Å². The van der Waals surface area contributed by atoms with Crippen molar-refractivity contribution < 1.29 is 9.90 Å². The molecule has 28 heavy (non-hydrogen) atoms. The van der Waals surface area contributed by atoms with E-state index in [9.17, 15) is 9.90 Å². The number of benzene rings is 3. The molecule has 3 N–H and O–H groups in total. The summed E-state index contributed by atoms with van der Waals surface area (Å²) in [5.74, 6) is -0.337. The average molecular weight is 435 g/mol. The van der Waals surface area contributed by atoms with Gasteiger partial charge in [0.2, 0.25) is 0 Å². The van der Waals surface area contributed by atoms with Crippen LogP contribution < -0.4 is 5.43 Å². The number of phenolic OH excluding ortho intramolecular Hbond substituents is 1. The van der Waals surface area contributed by atoms with Crippen LogP contribution >= 0.6 is 15.9 Å². The van der Waals surface area contributed by atoms with Crippen LogP contribution in [0.1, 0.15) is 16.1 Å². The number of rotatable bonds is 4. The van der Waals surface area contributed by atoms with Gasteiger partial charge in [-0.3, -0.25) is 9.89 Å². The monoisotopic (exact) mass is 434 g/mol. The van der Waals surface area contributed by atoms with E-state index in [1.165, 1.54) is 6.21 Å². The predicted octanol–water partition coefficient (Wildman–Crippen LogP) is 4.46. The van der Waals surface area contributed by atoms with Gasteiger partial charge >= 0.3 is 0 Å². The summed E-state index contributed by atoms with van der Waals surface area (Å²) >= 11 is 3.47. The predicted molar refractivity (Wildman–Crippen MR) is 112 cm³/mol. The number of H-pyrrole nitrogens is 1. The van der Waals surface area contributed by atoms with Crippen molar-refractivity contribution in [3.05, 3.63) is 82.5 Å². The van der Waals surface area contributed by atoms with Crippen molar-refractivity contribution in [3.8, 4) is 17.0 Å². The van der Waals surface area contributed by atoms with Crippen molar-refractivity contribution in [3.63, 3.8) is 0 Å². The Morgan fingerprint density at radius 3 is 2.75 bits per heavy atom. The van der Waals surface area contributed by atoms with Gasteiger partial charge in [0.15, 0.2) is 0 Å². The zero-order chi connectivity index (χ0) is 19.5. The van der Waals surface area contributed by atoms with Crippen LogP contribution in [-0.2, 0) is 0 Å². The summed E-state index contributed by atoms with van der Waals surface area (Å²) in [4.78, 5) is 12.3. The van der Waals surface area contributed by atoms with Gasteiger partial charge in [-0.1, -0.05) is 64.5 Å². The molecule has 0 saturated heterocycles. The lowest BCUT2D eigenvalue weighted by Gasteiger charge is -2.04. The molecule has 1 heterocycles. The van der Waals surface area contributed by atoms with Gasteiger partial charge in [0, 0.05) is 15.6 Å². The van der Waals surface area contributed by atoms with Crippen molar-refractivity contribution in [2.75, 3.05) is 0 Å². The number of aromatic hydroxyl groups is 1. The lowest BCUT2D eigenvalue weighted by atomic mass is 10.0. The average Bonchev–Trinajstić information content (AvgIpc) is 3.20. The van der Waals surface area contributed by atoms with Gasteiger partial charge in [0.05, 0.1) is 11.9 Å². The van der Waals surface area contributed by atoms with E-state index in [1.54, 1.807) is 12.1 Å². The number of phenols is 1. The number of aromatic amines is 1. The highest BCUT2D eigenvalue weighted by Gasteiger charge is 2.12. The normalized spacial score (nSPS) is 11.2. The Morgan fingerprint density at radius 2 is 1.89 bits per heavy atom. The van der Waals surface area contributed by atoms with E-state index in [4.69, 9.17) is 0 Å². The molecule has 0 aliphatic rings. The second-order valence-electron chi connectivity index (χ2n) is 6.07. The first-order valence-electron chi connectivity index (χ1n) is 8.48. The van der Waals surface area contributed by atoms with Crippen molar-refractivity contribution in [1.29, 1.82) is 0 Å². The Bertz CT molecular complexity index is 1200. The van der Waals surface area contributed by atoms with E-state index in [1.807, 2.05) is 54.6 Å². The summed E-state index contributed by atoms with van der Waals surface area (Å²) in [6.07, 6.45) is 1.43. The van der Waals surface area contributed by atoms with Gasteiger partial charge in [0.1, 0.15) is 11.4 Å². The van der Waals surface area contributed by atoms with Crippen LogP contribution in [0.25, 0.3) is 22.0 Å². The molecular formula is C21H15BrN4O2. The molecule has 1 aromatic heterocycles. The Morgan fingerprint density at radius 1 is 1.11 bits per heavy atom. The van der Waals surface area contributed by atoms with E-state index in [-0.39, 0.29) is 11.4 Å². The van der Waals surface area contributed by atoms with Crippen molar-refractivity contribution >= 4 is 38.8 Å². The van der Waals surface area contributed by atoms with Crippen LogP contribution in [0.15, 0.2) is 76.3 Å². The number of carbonyl (C=O) groups is 1. The first-order valence-corrected chi connectivity index (χ1v) is 9.27. The molecule has 0 fully saturated rings. The van der Waals surface area contributed by atoms with E-state index in [0.29, 0.717) is 11.3 Å². The zero-order valence-corrected chi connectivity index (χ0v) is 16.1. The molecule has 0 radical (unpaired) electrons. The lowest BCUT2D eigenvalue weighted by molar-refractivity contribution is 0.0950. The SMILES string of the molecule is O=C(N/N=C/c1c(O)ccc2ccccc12)c1cc(-c2ccccc2Br)n[nH]1. The number of nitrogens with zero attached hydrogens (tertiary/aromatic N) is 2. The van der Waals surface area contributed by atoms with Gasteiger partial charge in [-0.15, -0.1) is 0 Å². The number of fused-ring (bicyclic) bond motifs is 1. The second-order valence-corrected chi connectivity index (χ2v) is 6.92. The van der Waals surface area contributed by atoms with Crippen LogP contribution in [-0.4, -0.2) is 27.4 Å². The molecule has 0 aliphatic carbocycles. The minimum atomic E-state index is -0.429. The summed E-state index contributed by atoms with van der Waals surface area (Å²) < 4.78 is 0.887. The molecule has 6 nitrogen and oxygen atoms in total. The number of carbonyl (C=O) groups excluding carboxylic acids is 1. The number of hydrogen-bond acceptors (Lipinski definition) is 4. The molecule has 138 valence electrons. The van der Waals surface area contributed by atoms with E-state index < -0.39 is 5.91 Å². The van der Waals surface area contributed by atoms with Crippen LogP contribution in [0, 0.1) is 0 Å². The Labute approximate surface area is 169 Å². The first-order chi connectivity index (χ1) is 13.6. The molecule has 0 bridgehead atoms. The van der Waals surface area contributed by atoms with Crippen molar-refractivity contribution in [2.24, 2.45) is 5.10 Å². The number of hydrogen-bond donors (Lipinski definition) is 3. The van der Waals surface area contributed by atoms with Crippen LogP contribution in [0.5, 0.6) is 5.75 Å². The quantitative estimate of drug-likeness (QED) is 0.327. The third-order valence-electron chi connectivity index (χ3n) is 4.28. The molecule has 4 rings (SSSR count). The summed E-state index contributed by atoms with van der Waals surface area (Å²) in [6.45, 7) is 0. The molecule has 0 spiro atoms. The zero-order valence-electron chi connectivity index (χ0n) is 14.6. The number of amides is 1. The number of halogens is 1. The smallest absolute Gasteiger partial charge is 0.289 e. The minimum Gasteiger partial charge on any atom is -0.507 e. The fraction of sp³-hybridized carbons (Fsp3) is 0. The van der Waals surface area contributed by atoms with E-state index >= 15 is 0 Å². The highest BCUT2D eigenvalue weighted by atomic mass is 79.9. The third-order valence-corrected chi connectivity index (χ3v) is 4.97. The fourth-order valence-electron chi connectivity index (χ4n) is 2.88. The van der Waals surface area contributed by atoms with Gasteiger partial charge in [-0.2, -0.15) is 10.2 Å². The Hall–Kier alpha value is -3.45. The number of hydrazone groups is 1. The molecule has 1 amide bonds. The summed E-state index contributed by atoms with van der Waals surface area (Å²) in [7, 11) is 0. The summed E-state index contributed by atoms with van der Waals surface area (Å²) in [5.41, 5.74) is 4.80. The van der Waals surface area contributed by atoms with Gasteiger partial charge in [-0.25, -0.2) is 5.43 Å². The fourth-order valence-corrected chi connectivity index (χ4v) is 3.37. The molecule has 0 saturated carbocycles. The van der Waals surface area contributed by atoms with Gasteiger partial charge in [-0.05, 0) is 29.0 Å². The molecule has 0 unspecified atom stereocenters. The molecule has 0 aliphatic heterocycles. The van der Waals surface area contributed by atoms with Gasteiger partial charge < -0.3 is 5.11 Å². The van der Waals surface area contributed by atoms with Crippen LogP contribution in [0.4, 0.5) is 0 Å². The van der Waals surface area contributed by atoms with E-state index in [0.717, 1.165) is 20.8 Å². The van der Waals surface area contributed by atoms with Crippen LogP contribution in [0.2, 0.25) is 0 Å². The van der Waals surface area contributed by atoms with Crippen molar-refractivity contribution in [2.45, 2.75) is 0 Å². The topological polar surface area (TPSA) is 90.4 Å². The maximum Gasteiger partial charge on any atom is 0.289 e. The maximum atomic E-state index is 12.3. The molecule has 3 aromatic carbocycles. The summed E-state index contributed by atoms with van der Waals surface area (Å²) in [6, 6.07) is 20.3. The third kappa shape index (κ3) is 3.52. The lowest BCUT2D eigenvalue weighted by Crippen LogP contribution is -2.18. The van der Waals surface area contributed by atoms with Crippen LogP contribution in [0.3, 0.4) is 0 Å². The first kappa shape index (κ1) is 17.9.